The van der Waals surface area contributed by atoms with Crippen molar-refractivity contribution < 1.29 is 13.6 Å². The van der Waals surface area contributed by atoms with Gasteiger partial charge in [-0.3, -0.25) is 4.79 Å². The Morgan fingerprint density at radius 1 is 1.28 bits per heavy atom. The summed E-state index contributed by atoms with van der Waals surface area (Å²) in [4.78, 5) is 13.2. The van der Waals surface area contributed by atoms with Crippen LogP contribution in [0.5, 0.6) is 0 Å². The lowest BCUT2D eigenvalue weighted by Gasteiger charge is -2.17. The maximum absolute atomic E-state index is 13.0. The summed E-state index contributed by atoms with van der Waals surface area (Å²) in [5.41, 5.74) is 0.588. The molecule has 1 aromatic carbocycles. The zero-order chi connectivity index (χ0) is 13.5. The van der Waals surface area contributed by atoms with Gasteiger partial charge in [0.2, 0.25) is 5.91 Å². The van der Waals surface area contributed by atoms with Crippen LogP contribution in [-0.4, -0.2) is 23.2 Å². The van der Waals surface area contributed by atoms with Crippen molar-refractivity contribution in [2.24, 2.45) is 0 Å². The normalized spacial score (nSPS) is 10.4. The van der Waals surface area contributed by atoms with Gasteiger partial charge in [0.1, 0.15) is 0 Å². The van der Waals surface area contributed by atoms with Crippen molar-refractivity contribution in [3.05, 3.63) is 35.4 Å². The number of hydrogen-bond donors (Lipinski definition) is 0. The summed E-state index contributed by atoms with van der Waals surface area (Å²) in [7, 11) is 1.66. The third-order valence-electron chi connectivity index (χ3n) is 2.60. The molecule has 0 atom stereocenters. The van der Waals surface area contributed by atoms with E-state index < -0.39 is 11.6 Å². The molecule has 2 nitrogen and oxygen atoms in total. The van der Waals surface area contributed by atoms with E-state index in [0.717, 1.165) is 30.3 Å². The number of carbonyl (C=O) groups excluding carboxylic acids is 1. The van der Waals surface area contributed by atoms with E-state index in [1.807, 2.05) is 0 Å². The lowest BCUT2D eigenvalue weighted by Crippen LogP contribution is -2.25. The molecule has 5 heteroatoms. The fourth-order valence-corrected chi connectivity index (χ4v) is 1.96. The second kappa shape index (κ2) is 7.46. The minimum atomic E-state index is -0.882. The molecule has 0 saturated carbocycles. The van der Waals surface area contributed by atoms with Gasteiger partial charge < -0.3 is 4.90 Å². The van der Waals surface area contributed by atoms with Crippen LogP contribution in [-0.2, 0) is 11.3 Å². The van der Waals surface area contributed by atoms with E-state index in [4.69, 9.17) is 0 Å². The molecule has 0 aromatic heterocycles. The van der Waals surface area contributed by atoms with Crippen molar-refractivity contribution in [2.45, 2.75) is 25.8 Å². The van der Waals surface area contributed by atoms with Gasteiger partial charge >= 0.3 is 0 Å². The zero-order valence-electron chi connectivity index (χ0n) is 10.3. The standard InChI is InChI=1S/C13H16BrF2NO/c1-17(13(18)4-2-3-7-14)9-10-5-6-11(15)12(16)8-10/h5-6,8H,2-4,7,9H2,1H3. The maximum Gasteiger partial charge on any atom is 0.222 e. The topological polar surface area (TPSA) is 20.3 Å². The first-order valence-corrected chi connectivity index (χ1v) is 6.90. The first-order chi connectivity index (χ1) is 8.54. The highest BCUT2D eigenvalue weighted by molar-refractivity contribution is 9.09. The average Bonchev–Trinajstić information content (AvgIpc) is 2.34. The number of alkyl halides is 1. The Balaban J connectivity index is 2.50. The van der Waals surface area contributed by atoms with Crippen molar-refractivity contribution in [2.75, 3.05) is 12.4 Å². The molecular formula is C13H16BrF2NO. The summed E-state index contributed by atoms with van der Waals surface area (Å²) in [5, 5.41) is 0.882. The van der Waals surface area contributed by atoms with E-state index in [0.29, 0.717) is 18.5 Å². The van der Waals surface area contributed by atoms with Gasteiger partial charge in [0.05, 0.1) is 0 Å². The number of rotatable bonds is 6. The highest BCUT2D eigenvalue weighted by Gasteiger charge is 2.10. The van der Waals surface area contributed by atoms with Gasteiger partial charge in [-0.05, 0) is 30.5 Å². The van der Waals surface area contributed by atoms with Gasteiger partial charge in [0, 0.05) is 25.3 Å². The minimum Gasteiger partial charge on any atom is -0.341 e. The molecule has 0 spiro atoms. The van der Waals surface area contributed by atoms with E-state index in [9.17, 15) is 13.6 Å². The first-order valence-electron chi connectivity index (χ1n) is 5.78. The summed E-state index contributed by atoms with van der Waals surface area (Å²) in [6.07, 6.45) is 2.25. The van der Waals surface area contributed by atoms with Crippen molar-refractivity contribution in [3.63, 3.8) is 0 Å². The van der Waals surface area contributed by atoms with E-state index in [1.165, 1.54) is 11.0 Å². The molecule has 0 N–H and O–H groups in total. The van der Waals surface area contributed by atoms with Gasteiger partial charge in [-0.15, -0.1) is 0 Å². The molecule has 0 unspecified atom stereocenters. The van der Waals surface area contributed by atoms with Crippen LogP contribution in [0, 0.1) is 11.6 Å². The minimum absolute atomic E-state index is 0.0145. The van der Waals surface area contributed by atoms with Crippen LogP contribution < -0.4 is 0 Å². The van der Waals surface area contributed by atoms with Crippen LogP contribution in [0.2, 0.25) is 0 Å². The number of amides is 1. The molecule has 18 heavy (non-hydrogen) atoms. The third kappa shape index (κ3) is 4.72. The van der Waals surface area contributed by atoms with Crippen molar-refractivity contribution in [1.82, 2.24) is 4.90 Å². The third-order valence-corrected chi connectivity index (χ3v) is 3.16. The molecule has 1 aromatic rings. The predicted molar refractivity (Wildman–Crippen MR) is 70.5 cm³/mol. The molecule has 1 amide bonds. The monoisotopic (exact) mass is 319 g/mol. The molecular weight excluding hydrogens is 304 g/mol. The molecule has 100 valence electrons. The molecule has 0 fully saturated rings. The van der Waals surface area contributed by atoms with Crippen molar-refractivity contribution >= 4 is 21.8 Å². The Kier molecular flexibility index (Phi) is 6.25. The van der Waals surface area contributed by atoms with Crippen LogP contribution in [0.4, 0.5) is 8.78 Å². The Morgan fingerprint density at radius 2 is 2.00 bits per heavy atom. The lowest BCUT2D eigenvalue weighted by molar-refractivity contribution is -0.130. The van der Waals surface area contributed by atoms with Crippen molar-refractivity contribution in [3.8, 4) is 0 Å². The summed E-state index contributed by atoms with van der Waals surface area (Å²) < 4.78 is 25.7. The SMILES string of the molecule is CN(Cc1ccc(F)c(F)c1)C(=O)CCCCBr. The average molecular weight is 320 g/mol. The Labute approximate surface area is 114 Å². The Hall–Kier alpha value is -0.970. The smallest absolute Gasteiger partial charge is 0.222 e. The van der Waals surface area contributed by atoms with Gasteiger partial charge in [-0.2, -0.15) is 0 Å². The quantitative estimate of drug-likeness (QED) is 0.580. The molecule has 1 rings (SSSR count). The van der Waals surface area contributed by atoms with Gasteiger partial charge in [-0.25, -0.2) is 8.78 Å². The zero-order valence-corrected chi connectivity index (χ0v) is 11.8. The summed E-state index contributed by atoms with van der Waals surface area (Å²) in [6, 6.07) is 3.69. The molecule has 0 radical (unpaired) electrons. The van der Waals surface area contributed by atoms with E-state index in [-0.39, 0.29) is 5.91 Å². The van der Waals surface area contributed by atoms with Gasteiger partial charge in [0.25, 0.3) is 0 Å². The van der Waals surface area contributed by atoms with Gasteiger partial charge in [-0.1, -0.05) is 22.0 Å². The summed E-state index contributed by atoms with van der Waals surface area (Å²) in [5.74, 6) is -1.74. The van der Waals surface area contributed by atoms with Gasteiger partial charge in [0.15, 0.2) is 11.6 Å². The largest absolute Gasteiger partial charge is 0.341 e. The summed E-state index contributed by atoms with van der Waals surface area (Å²) in [6.45, 7) is 0.296. The Morgan fingerprint density at radius 3 is 2.61 bits per heavy atom. The second-order valence-corrected chi connectivity index (χ2v) is 4.94. The predicted octanol–water partition coefficient (Wildman–Crippen LogP) is 3.49. The fraction of sp³-hybridized carbons (Fsp3) is 0.462. The number of unbranched alkanes of at least 4 members (excludes halogenated alkanes) is 1. The lowest BCUT2D eigenvalue weighted by atomic mass is 10.2. The number of halogens is 3. The van der Waals surface area contributed by atoms with Crippen LogP contribution in [0.15, 0.2) is 18.2 Å². The number of nitrogens with zero attached hydrogens (tertiary/aromatic N) is 1. The number of carbonyl (C=O) groups is 1. The van der Waals surface area contributed by atoms with Crippen LogP contribution in [0.25, 0.3) is 0 Å². The van der Waals surface area contributed by atoms with Crippen molar-refractivity contribution in [1.29, 1.82) is 0 Å². The first kappa shape index (κ1) is 15.1. The molecule has 0 aliphatic heterocycles. The van der Waals surface area contributed by atoms with E-state index in [1.54, 1.807) is 7.05 Å². The molecule has 0 aliphatic rings. The molecule has 0 saturated heterocycles. The number of benzene rings is 1. The second-order valence-electron chi connectivity index (χ2n) is 4.14. The molecule has 0 aliphatic carbocycles. The highest BCUT2D eigenvalue weighted by atomic mass is 79.9. The van der Waals surface area contributed by atoms with Crippen LogP contribution >= 0.6 is 15.9 Å². The highest BCUT2D eigenvalue weighted by Crippen LogP contribution is 2.11. The van der Waals surface area contributed by atoms with E-state index in [2.05, 4.69) is 15.9 Å². The molecule has 0 bridgehead atoms. The van der Waals surface area contributed by atoms with Crippen LogP contribution in [0.1, 0.15) is 24.8 Å². The maximum atomic E-state index is 13.0. The van der Waals surface area contributed by atoms with Crippen LogP contribution in [0.3, 0.4) is 0 Å². The number of hydrogen-bond acceptors (Lipinski definition) is 1. The summed E-state index contributed by atoms with van der Waals surface area (Å²) >= 11 is 3.30. The molecule has 0 heterocycles. The fourth-order valence-electron chi connectivity index (χ4n) is 1.56. The Bertz CT molecular complexity index is 412. The van der Waals surface area contributed by atoms with E-state index >= 15 is 0 Å².